The van der Waals surface area contributed by atoms with Gasteiger partial charge in [-0.1, -0.05) is 212 Å². The third-order valence-electron chi connectivity index (χ3n) is 13.4. The third-order valence-corrected chi connectivity index (χ3v) is 13.4. The molecule has 0 amide bonds. The molecule has 0 aliphatic rings. The fourth-order valence-corrected chi connectivity index (χ4v) is 10.4. The highest BCUT2D eigenvalue weighted by Crippen LogP contribution is 2.44. The first kappa shape index (κ1) is 34.8. The lowest BCUT2D eigenvalue weighted by Gasteiger charge is -2.17. The Morgan fingerprint density at radius 1 is 0.161 bits per heavy atom. The van der Waals surface area contributed by atoms with Gasteiger partial charge < -0.3 is 0 Å². The van der Waals surface area contributed by atoms with E-state index in [-0.39, 0.29) is 0 Å². The van der Waals surface area contributed by atoms with E-state index < -0.39 is 0 Å². The van der Waals surface area contributed by atoms with Gasteiger partial charge >= 0.3 is 0 Å². The van der Waals surface area contributed by atoms with E-state index in [0.29, 0.717) is 0 Å². The van der Waals surface area contributed by atoms with Gasteiger partial charge in [-0.25, -0.2) is 0 Å². The lowest BCUT2D eigenvalue weighted by Crippen LogP contribution is -1.91. The molecule has 13 aromatic carbocycles. The summed E-state index contributed by atoms with van der Waals surface area (Å²) in [4.78, 5) is 0. The molecule has 0 aliphatic heterocycles. The third kappa shape index (κ3) is 5.47. The smallest absolute Gasteiger partial charge is 0.00206 e. The van der Waals surface area contributed by atoms with Crippen molar-refractivity contribution in [1.29, 1.82) is 0 Å². The molecule has 0 N–H and O–H groups in total. The summed E-state index contributed by atoms with van der Waals surface area (Å²) in [5.41, 5.74) is 14.6. The molecule has 0 aliphatic carbocycles. The molecule has 0 radical (unpaired) electrons. The number of hydrogen-bond donors (Lipinski definition) is 0. The van der Waals surface area contributed by atoms with E-state index in [2.05, 4.69) is 231 Å². The second kappa shape index (κ2) is 13.7. The van der Waals surface area contributed by atoms with Crippen LogP contribution in [-0.4, -0.2) is 0 Å². The predicted molar refractivity (Wildman–Crippen MR) is 266 cm³/mol. The summed E-state index contributed by atoms with van der Waals surface area (Å²) in [5.74, 6) is 0. The van der Waals surface area contributed by atoms with Crippen LogP contribution >= 0.6 is 0 Å². The maximum absolute atomic E-state index is 2.40. The predicted octanol–water partition coefficient (Wildman–Crippen LogP) is 17.5. The highest BCUT2D eigenvalue weighted by Gasteiger charge is 2.17. The van der Waals surface area contributed by atoms with Crippen molar-refractivity contribution in [3.8, 4) is 66.8 Å². The van der Waals surface area contributed by atoms with Crippen LogP contribution in [0.15, 0.2) is 231 Å². The topological polar surface area (TPSA) is 0 Å². The van der Waals surface area contributed by atoms with Gasteiger partial charge in [0.2, 0.25) is 0 Å². The molecule has 13 rings (SSSR count). The molecule has 62 heavy (non-hydrogen) atoms. The molecule has 286 valence electrons. The first-order valence-corrected chi connectivity index (χ1v) is 21.6. The van der Waals surface area contributed by atoms with Crippen molar-refractivity contribution in [3.63, 3.8) is 0 Å². The zero-order valence-corrected chi connectivity index (χ0v) is 33.9. The van der Waals surface area contributed by atoms with Crippen molar-refractivity contribution in [2.75, 3.05) is 0 Å². The molecule has 0 saturated carbocycles. The van der Waals surface area contributed by atoms with Crippen LogP contribution in [0.4, 0.5) is 0 Å². The minimum Gasteiger partial charge on any atom is -0.0622 e. The molecule has 0 unspecified atom stereocenters. The van der Waals surface area contributed by atoms with Crippen LogP contribution in [0.1, 0.15) is 0 Å². The quantitative estimate of drug-likeness (QED) is 0.147. The molecule has 0 fully saturated rings. The van der Waals surface area contributed by atoms with E-state index in [1.807, 2.05) is 0 Å². The minimum absolute atomic E-state index is 1.19. The van der Waals surface area contributed by atoms with E-state index in [9.17, 15) is 0 Å². The molecule has 0 heterocycles. The Morgan fingerprint density at radius 3 is 1.08 bits per heavy atom. The fourth-order valence-electron chi connectivity index (χ4n) is 10.4. The molecular weight excluding hydrogens is 745 g/mol. The number of rotatable bonds is 6. The van der Waals surface area contributed by atoms with Crippen LogP contribution in [0.3, 0.4) is 0 Å². The van der Waals surface area contributed by atoms with Crippen molar-refractivity contribution in [1.82, 2.24) is 0 Å². The summed E-state index contributed by atoms with van der Waals surface area (Å²) in [6.45, 7) is 0. The van der Waals surface area contributed by atoms with Gasteiger partial charge in [0.05, 0.1) is 0 Å². The average molecular weight is 783 g/mol. The SMILES string of the molecule is c1ccc(-c2ccc(-c3cc(-c4cccc(-c5ccc6ccc7cccc8ccc5c6c78)c4)ccc3-c3cccc(-c4ccc5ccc6cccc7ccc4c5c67)c3)cc2)cc1. The first-order valence-electron chi connectivity index (χ1n) is 21.6. The van der Waals surface area contributed by atoms with Crippen molar-refractivity contribution < 1.29 is 0 Å². The minimum atomic E-state index is 1.19. The standard InChI is InChI=1S/C62H38/c1-2-8-39(9-3-1)40-18-20-41(21-19-40)58-38-49(48-14-6-15-50(36-48)53-31-26-46-24-22-42-10-4-12-44-28-34-56(53)61(46)59(42)44)30-33-55(58)52-17-7-16-51(37-52)54-32-27-47-25-23-43-11-5-13-45-29-35-57(54)62(47)60(43)45/h1-38H. The summed E-state index contributed by atoms with van der Waals surface area (Å²) >= 11 is 0. The molecule has 0 saturated heterocycles. The van der Waals surface area contributed by atoms with E-state index in [0.717, 1.165) is 0 Å². The van der Waals surface area contributed by atoms with Crippen molar-refractivity contribution in [3.05, 3.63) is 231 Å². The molecule has 0 heteroatoms. The molecule has 0 aromatic heterocycles. The van der Waals surface area contributed by atoms with Gasteiger partial charge in [0.1, 0.15) is 0 Å². The number of hydrogen-bond acceptors (Lipinski definition) is 0. The lowest BCUT2D eigenvalue weighted by molar-refractivity contribution is 1.55. The highest BCUT2D eigenvalue weighted by molar-refractivity contribution is 6.26. The molecular formula is C62H38. The fraction of sp³-hybridized carbons (Fsp3) is 0. The van der Waals surface area contributed by atoms with Gasteiger partial charge in [-0.3, -0.25) is 0 Å². The van der Waals surface area contributed by atoms with Crippen LogP contribution in [0, 0.1) is 0 Å². The van der Waals surface area contributed by atoms with E-state index in [1.54, 1.807) is 0 Å². The van der Waals surface area contributed by atoms with Gasteiger partial charge in [-0.15, -0.1) is 0 Å². The zero-order valence-electron chi connectivity index (χ0n) is 33.9. The summed E-state index contributed by atoms with van der Waals surface area (Å²) in [7, 11) is 0. The van der Waals surface area contributed by atoms with Crippen LogP contribution < -0.4 is 0 Å². The molecule has 0 bridgehead atoms. The Labute approximate surface area is 360 Å². The van der Waals surface area contributed by atoms with Gasteiger partial charge in [-0.2, -0.15) is 0 Å². The van der Waals surface area contributed by atoms with Gasteiger partial charge in [0.15, 0.2) is 0 Å². The first-order chi connectivity index (χ1) is 30.7. The Kier molecular flexibility index (Phi) is 7.71. The Hall–Kier alpha value is -8.06. The lowest BCUT2D eigenvalue weighted by atomic mass is 9.87. The summed E-state index contributed by atoms with van der Waals surface area (Å²) in [5, 5.41) is 15.7. The van der Waals surface area contributed by atoms with Crippen LogP contribution in [0.25, 0.3) is 131 Å². The van der Waals surface area contributed by atoms with Crippen LogP contribution in [0.2, 0.25) is 0 Å². The number of benzene rings is 13. The van der Waals surface area contributed by atoms with Crippen LogP contribution in [0.5, 0.6) is 0 Å². The summed E-state index contributed by atoms with van der Waals surface area (Å²) in [6.07, 6.45) is 0. The largest absolute Gasteiger partial charge is 0.0622 e. The van der Waals surface area contributed by atoms with Crippen molar-refractivity contribution in [2.45, 2.75) is 0 Å². The van der Waals surface area contributed by atoms with Gasteiger partial charge in [0.25, 0.3) is 0 Å². The van der Waals surface area contributed by atoms with Crippen molar-refractivity contribution >= 4 is 64.6 Å². The molecule has 0 spiro atoms. The normalized spacial score (nSPS) is 11.9. The molecule has 0 nitrogen and oxygen atoms in total. The van der Waals surface area contributed by atoms with E-state index in [4.69, 9.17) is 0 Å². The Balaban J connectivity index is 0.954. The van der Waals surface area contributed by atoms with Crippen LogP contribution in [-0.2, 0) is 0 Å². The summed E-state index contributed by atoms with van der Waals surface area (Å²) < 4.78 is 0. The Bertz CT molecular complexity index is 3800. The monoisotopic (exact) mass is 782 g/mol. The maximum Gasteiger partial charge on any atom is -0.00206 e. The second-order valence-electron chi connectivity index (χ2n) is 16.8. The van der Waals surface area contributed by atoms with Crippen molar-refractivity contribution in [2.24, 2.45) is 0 Å². The van der Waals surface area contributed by atoms with E-state index >= 15 is 0 Å². The highest BCUT2D eigenvalue weighted by atomic mass is 14.2. The van der Waals surface area contributed by atoms with Gasteiger partial charge in [-0.05, 0) is 150 Å². The second-order valence-corrected chi connectivity index (χ2v) is 16.8. The average Bonchev–Trinajstić information content (AvgIpc) is 3.35. The van der Waals surface area contributed by atoms with E-state index in [1.165, 1.54) is 131 Å². The zero-order chi connectivity index (χ0) is 40.7. The van der Waals surface area contributed by atoms with Gasteiger partial charge in [0, 0.05) is 0 Å². The maximum atomic E-state index is 2.40. The molecule has 0 atom stereocenters. The molecule has 13 aromatic rings. The summed E-state index contributed by atoms with van der Waals surface area (Å²) in [6, 6.07) is 85.7. The Morgan fingerprint density at radius 2 is 0.516 bits per heavy atom.